The molecule has 3 rings (SSSR count). The third-order valence-corrected chi connectivity index (χ3v) is 4.62. The number of aromatic nitrogens is 2. The predicted octanol–water partition coefficient (Wildman–Crippen LogP) is 4.83. The van der Waals surface area contributed by atoms with E-state index in [1.807, 2.05) is 30.5 Å². The number of amides is 2. The van der Waals surface area contributed by atoms with Crippen LogP contribution >= 0.6 is 23.4 Å². The Kier molecular flexibility index (Phi) is 5.83. The maximum Gasteiger partial charge on any atom is 0.319 e. The molecule has 7 heteroatoms. The van der Waals surface area contributed by atoms with Crippen molar-refractivity contribution in [1.82, 2.24) is 15.3 Å². The van der Waals surface area contributed by atoms with E-state index >= 15 is 0 Å². The van der Waals surface area contributed by atoms with Crippen LogP contribution in [-0.4, -0.2) is 28.0 Å². The van der Waals surface area contributed by atoms with Crippen molar-refractivity contribution < 1.29 is 4.79 Å². The highest BCUT2D eigenvalue weighted by Gasteiger charge is 2.18. The molecule has 0 saturated carbocycles. The number of carbonyl (C=O) groups excluding carboxylic acids is 1. The lowest BCUT2D eigenvalue weighted by Crippen LogP contribution is -2.33. The van der Waals surface area contributed by atoms with Crippen LogP contribution in [0, 0.1) is 0 Å². The van der Waals surface area contributed by atoms with E-state index in [-0.39, 0.29) is 12.1 Å². The molecule has 0 fully saturated rings. The highest BCUT2D eigenvalue weighted by atomic mass is 35.5. The predicted molar refractivity (Wildman–Crippen MR) is 105 cm³/mol. The number of hydrogen-bond donors (Lipinski definition) is 3. The van der Waals surface area contributed by atoms with Crippen LogP contribution in [0.15, 0.2) is 48.5 Å². The van der Waals surface area contributed by atoms with Crippen LogP contribution < -0.4 is 10.6 Å². The summed E-state index contributed by atoms with van der Waals surface area (Å²) in [6, 6.07) is 14.4. The van der Waals surface area contributed by atoms with Crippen LogP contribution in [0.1, 0.15) is 18.3 Å². The van der Waals surface area contributed by atoms with E-state index in [1.165, 1.54) is 0 Å². The zero-order chi connectivity index (χ0) is 17.6. The molecule has 5 nitrogen and oxygen atoms in total. The first-order valence-electron chi connectivity index (χ1n) is 7.92. The van der Waals surface area contributed by atoms with Crippen LogP contribution in [0.5, 0.6) is 0 Å². The number of urea groups is 1. The summed E-state index contributed by atoms with van der Waals surface area (Å²) >= 11 is 7.69. The number of H-pyrrole nitrogens is 1. The van der Waals surface area contributed by atoms with Gasteiger partial charge in [0.25, 0.3) is 0 Å². The SMILES string of the molecule is CSCCC(NC(=O)Nc1cccc(Cl)c1)c1nc2ccccc2[nH]1. The number of aromatic amines is 1. The maximum absolute atomic E-state index is 12.4. The third kappa shape index (κ3) is 4.67. The molecule has 0 spiro atoms. The summed E-state index contributed by atoms with van der Waals surface area (Å²) in [5.74, 6) is 1.68. The Bertz CT molecular complexity index is 834. The number of imidazole rings is 1. The Labute approximate surface area is 155 Å². The summed E-state index contributed by atoms with van der Waals surface area (Å²) in [5.41, 5.74) is 2.51. The standard InChI is InChI=1S/C18H19ClN4OS/c1-25-10-9-16(17-21-14-7-2-3-8-15(14)22-17)23-18(24)20-13-6-4-5-12(19)11-13/h2-8,11,16H,9-10H2,1H3,(H,21,22)(H2,20,23,24). The molecule has 1 atom stereocenters. The Hall–Kier alpha value is -2.18. The average Bonchev–Trinajstić information content (AvgIpc) is 3.02. The van der Waals surface area contributed by atoms with Gasteiger partial charge in [0.15, 0.2) is 0 Å². The first-order chi connectivity index (χ1) is 12.2. The smallest absolute Gasteiger partial charge is 0.319 e. The quantitative estimate of drug-likeness (QED) is 0.578. The van der Waals surface area contributed by atoms with Crippen LogP contribution in [0.2, 0.25) is 5.02 Å². The maximum atomic E-state index is 12.4. The average molecular weight is 375 g/mol. The number of hydrogen-bond acceptors (Lipinski definition) is 3. The van der Waals surface area contributed by atoms with Crippen molar-refractivity contribution in [3.63, 3.8) is 0 Å². The van der Waals surface area contributed by atoms with Gasteiger partial charge in [-0.05, 0) is 48.8 Å². The Morgan fingerprint density at radius 3 is 2.88 bits per heavy atom. The van der Waals surface area contributed by atoms with Gasteiger partial charge in [-0.15, -0.1) is 0 Å². The highest BCUT2D eigenvalue weighted by Crippen LogP contribution is 2.21. The molecule has 0 aliphatic carbocycles. The van der Waals surface area contributed by atoms with Crippen LogP contribution in [0.4, 0.5) is 10.5 Å². The summed E-state index contributed by atoms with van der Waals surface area (Å²) in [6.07, 6.45) is 2.83. The van der Waals surface area contributed by atoms with E-state index in [4.69, 9.17) is 11.6 Å². The molecular weight excluding hydrogens is 356 g/mol. The van der Waals surface area contributed by atoms with E-state index in [2.05, 4.69) is 20.6 Å². The van der Waals surface area contributed by atoms with E-state index in [9.17, 15) is 4.79 Å². The number of fused-ring (bicyclic) bond motifs is 1. The number of benzene rings is 2. The largest absolute Gasteiger partial charge is 0.340 e. The lowest BCUT2D eigenvalue weighted by atomic mass is 10.2. The molecule has 0 radical (unpaired) electrons. The molecule has 2 aromatic carbocycles. The van der Waals surface area contributed by atoms with Gasteiger partial charge in [0, 0.05) is 10.7 Å². The summed E-state index contributed by atoms with van der Waals surface area (Å²) in [7, 11) is 0. The van der Waals surface area contributed by atoms with Gasteiger partial charge in [-0.2, -0.15) is 11.8 Å². The second kappa shape index (κ2) is 8.27. The molecule has 3 N–H and O–H groups in total. The molecule has 0 aliphatic rings. The number of anilines is 1. The van der Waals surface area contributed by atoms with Gasteiger partial charge in [0.05, 0.1) is 17.1 Å². The fourth-order valence-electron chi connectivity index (χ4n) is 2.54. The number of rotatable bonds is 6. The van der Waals surface area contributed by atoms with Crippen molar-refractivity contribution in [2.24, 2.45) is 0 Å². The minimum atomic E-state index is -0.283. The fourth-order valence-corrected chi connectivity index (χ4v) is 3.20. The van der Waals surface area contributed by atoms with E-state index in [1.54, 1.807) is 36.0 Å². The van der Waals surface area contributed by atoms with Crippen LogP contribution in [0.3, 0.4) is 0 Å². The van der Waals surface area contributed by atoms with Gasteiger partial charge in [0.1, 0.15) is 5.82 Å². The van der Waals surface area contributed by atoms with Crippen LogP contribution in [-0.2, 0) is 0 Å². The zero-order valence-corrected chi connectivity index (χ0v) is 15.3. The first kappa shape index (κ1) is 17.6. The summed E-state index contributed by atoms with van der Waals surface area (Å²) in [6.45, 7) is 0. The van der Waals surface area contributed by atoms with E-state index in [0.29, 0.717) is 10.7 Å². The topological polar surface area (TPSA) is 69.8 Å². The molecule has 1 heterocycles. The number of para-hydroxylation sites is 2. The second-order valence-corrected chi connectivity index (χ2v) is 7.00. The Balaban J connectivity index is 1.74. The summed E-state index contributed by atoms with van der Waals surface area (Å²) in [5, 5.41) is 6.38. The molecular formula is C18H19ClN4OS. The summed E-state index contributed by atoms with van der Waals surface area (Å²) in [4.78, 5) is 20.3. The van der Waals surface area contributed by atoms with Gasteiger partial charge in [-0.1, -0.05) is 29.8 Å². The van der Waals surface area contributed by atoms with Crippen molar-refractivity contribution >= 4 is 46.1 Å². The lowest BCUT2D eigenvalue weighted by Gasteiger charge is -2.17. The molecule has 1 unspecified atom stereocenters. The Morgan fingerprint density at radius 1 is 1.28 bits per heavy atom. The van der Waals surface area contributed by atoms with Gasteiger partial charge in [-0.3, -0.25) is 0 Å². The van der Waals surface area contributed by atoms with Crippen molar-refractivity contribution in [1.29, 1.82) is 0 Å². The molecule has 25 heavy (non-hydrogen) atoms. The summed E-state index contributed by atoms with van der Waals surface area (Å²) < 4.78 is 0. The van der Waals surface area contributed by atoms with E-state index in [0.717, 1.165) is 29.0 Å². The van der Waals surface area contributed by atoms with Gasteiger partial charge in [0.2, 0.25) is 0 Å². The highest BCUT2D eigenvalue weighted by molar-refractivity contribution is 7.98. The Morgan fingerprint density at radius 2 is 2.12 bits per heavy atom. The third-order valence-electron chi connectivity index (χ3n) is 3.74. The van der Waals surface area contributed by atoms with Gasteiger partial charge in [-0.25, -0.2) is 9.78 Å². The fraction of sp³-hybridized carbons (Fsp3) is 0.222. The van der Waals surface area contributed by atoms with Crippen molar-refractivity contribution in [2.45, 2.75) is 12.5 Å². The number of thioether (sulfide) groups is 1. The monoisotopic (exact) mass is 374 g/mol. The molecule has 130 valence electrons. The van der Waals surface area contributed by atoms with E-state index < -0.39 is 0 Å². The first-order valence-corrected chi connectivity index (χ1v) is 9.69. The zero-order valence-electron chi connectivity index (χ0n) is 13.8. The number of nitrogens with one attached hydrogen (secondary N) is 3. The van der Waals surface area contributed by atoms with Crippen molar-refractivity contribution in [3.8, 4) is 0 Å². The van der Waals surface area contributed by atoms with Gasteiger partial charge >= 0.3 is 6.03 Å². The molecule has 1 aromatic heterocycles. The molecule has 0 saturated heterocycles. The molecule has 0 bridgehead atoms. The molecule has 0 aliphatic heterocycles. The number of halogens is 1. The molecule has 3 aromatic rings. The number of nitrogens with zero attached hydrogens (tertiary/aromatic N) is 1. The minimum absolute atomic E-state index is 0.195. The van der Waals surface area contributed by atoms with Gasteiger partial charge < -0.3 is 15.6 Å². The van der Waals surface area contributed by atoms with Crippen LogP contribution in [0.25, 0.3) is 11.0 Å². The van der Waals surface area contributed by atoms with Crippen molar-refractivity contribution in [2.75, 3.05) is 17.3 Å². The van der Waals surface area contributed by atoms with Crippen molar-refractivity contribution in [3.05, 3.63) is 59.4 Å². The normalized spacial score (nSPS) is 12.1. The minimum Gasteiger partial charge on any atom is -0.340 e. The second-order valence-electron chi connectivity index (χ2n) is 5.58. The molecule has 2 amide bonds. The number of carbonyl (C=O) groups is 1. The lowest BCUT2D eigenvalue weighted by molar-refractivity contribution is 0.248.